The predicted octanol–water partition coefficient (Wildman–Crippen LogP) is 1.71. The Hall–Kier alpha value is -1.67. The average Bonchev–Trinajstić information content (AvgIpc) is 2.37. The van der Waals surface area contributed by atoms with Crippen molar-refractivity contribution in [3.63, 3.8) is 0 Å². The van der Waals surface area contributed by atoms with E-state index in [0.717, 1.165) is 6.07 Å². The highest BCUT2D eigenvalue weighted by atomic mass is 32.2. The van der Waals surface area contributed by atoms with Gasteiger partial charge in [0.15, 0.2) is 0 Å². The second kappa shape index (κ2) is 6.48. The SMILES string of the molecule is CCCNS(=O)(=O)c1cc([N+](=O)[O-])ccc1NCC. The zero-order chi connectivity index (χ0) is 14.5. The van der Waals surface area contributed by atoms with Crippen molar-refractivity contribution in [2.75, 3.05) is 18.4 Å². The lowest BCUT2D eigenvalue weighted by molar-refractivity contribution is -0.385. The Morgan fingerprint density at radius 2 is 2.00 bits per heavy atom. The summed E-state index contributed by atoms with van der Waals surface area (Å²) in [6, 6.07) is 3.75. The lowest BCUT2D eigenvalue weighted by atomic mass is 10.3. The average molecular weight is 287 g/mol. The topological polar surface area (TPSA) is 101 Å². The lowest BCUT2D eigenvalue weighted by Crippen LogP contribution is -2.25. The second-order valence-corrected chi connectivity index (χ2v) is 5.60. The molecule has 1 aromatic carbocycles. The van der Waals surface area contributed by atoms with Gasteiger partial charge in [0, 0.05) is 25.2 Å². The Bertz CT molecular complexity index is 557. The standard InChI is InChI=1S/C11H17N3O4S/c1-3-7-13-19(17,18)11-8-9(14(15)16)5-6-10(11)12-4-2/h5-6,8,12-13H,3-4,7H2,1-2H3. The molecule has 0 amide bonds. The fraction of sp³-hybridized carbons (Fsp3) is 0.455. The summed E-state index contributed by atoms with van der Waals surface area (Å²) in [5.41, 5.74) is 0.107. The summed E-state index contributed by atoms with van der Waals surface area (Å²) in [5.74, 6) is 0. The van der Waals surface area contributed by atoms with Gasteiger partial charge in [-0.25, -0.2) is 13.1 Å². The first-order valence-electron chi connectivity index (χ1n) is 5.94. The van der Waals surface area contributed by atoms with E-state index in [1.807, 2.05) is 13.8 Å². The van der Waals surface area contributed by atoms with Crippen LogP contribution in [0.3, 0.4) is 0 Å². The van der Waals surface area contributed by atoms with Crippen LogP contribution in [0.5, 0.6) is 0 Å². The van der Waals surface area contributed by atoms with E-state index in [4.69, 9.17) is 0 Å². The number of nitrogens with one attached hydrogen (secondary N) is 2. The Balaban J connectivity index is 3.27. The molecule has 0 aliphatic carbocycles. The minimum absolute atomic E-state index is 0.1000. The minimum Gasteiger partial charge on any atom is -0.384 e. The first-order valence-corrected chi connectivity index (χ1v) is 7.42. The van der Waals surface area contributed by atoms with Crippen LogP contribution in [0, 0.1) is 10.1 Å². The van der Waals surface area contributed by atoms with Crippen LogP contribution in [0.15, 0.2) is 23.1 Å². The molecule has 8 heteroatoms. The molecular weight excluding hydrogens is 270 g/mol. The fourth-order valence-electron chi connectivity index (χ4n) is 1.50. The van der Waals surface area contributed by atoms with E-state index >= 15 is 0 Å². The molecule has 0 saturated carbocycles. The van der Waals surface area contributed by atoms with Crippen molar-refractivity contribution in [3.8, 4) is 0 Å². The number of anilines is 1. The van der Waals surface area contributed by atoms with E-state index < -0.39 is 14.9 Å². The Labute approximate surface area is 112 Å². The van der Waals surface area contributed by atoms with Crippen molar-refractivity contribution in [2.45, 2.75) is 25.2 Å². The van der Waals surface area contributed by atoms with Gasteiger partial charge >= 0.3 is 0 Å². The van der Waals surface area contributed by atoms with Crippen molar-refractivity contribution < 1.29 is 13.3 Å². The molecule has 2 N–H and O–H groups in total. The highest BCUT2D eigenvalue weighted by molar-refractivity contribution is 7.89. The third-order valence-corrected chi connectivity index (χ3v) is 3.88. The highest BCUT2D eigenvalue weighted by Gasteiger charge is 2.21. The van der Waals surface area contributed by atoms with Crippen molar-refractivity contribution in [3.05, 3.63) is 28.3 Å². The number of nitro groups is 1. The van der Waals surface area contributed by atoms with Gasteiger partial charge < -0.3 is 5.32 Å². The monoisotopic (exact) mass is 287 g/mol. The third kappa shape index (κ3) is 3.90. The molecule has 0 radical (unpaired) electrons. The van der Waals surface area contributed by atoms with Crippen LogP contribution in [0.4, 0.5) is 11.4 Å². The Morgan fingerprint density at radius 3 is 2.53 bits per heavy atom. The molecule has 0 saturated heterocycles. The fourth-order valence-corrected chi connectivity index (χ4v) is 2.83. The van der Waals surface area contributed by atoms with Crippen LogP contribution in [0.2, 0.25) is 0 Å². The number of hydrogen-bond acceptors (Lipinski definition) is 5. The van der Waals surface area contributed by atoms with Gasteiger partial charge in [-0.05, 0) is 19.4 Å². The summed E-state index contributed by atoms with van der Waals surface area (Å²) in [6.45, 7) is 4.46. The quantitative estimate of drug-likeness (QED) is 0.587. The summed E-state index contributed by atoms with van der Waals surface area (Å²) in [4.78, 5) is 10.0. The molecule has 0 atom stereocenters. The van der Waals surface area contributed by atoms with E-state index in [1.54, 1.807) is 0 Å². The van der Waals surface area contributed by atoms with Crippen molar-refractivity contribution in [1.82, 2.24) is 4.72 Å². The molecule has 0 spiro atoms. The zero-order valence-electron chi connectivity index (χ0n) is 10.8. The molecule has 1 aromatic rings. The molecule has 7 nitrogen and oxygen atoms in total. The largest absolute Gasteiger partial charge is 0.384 e. The van der Waals surface area contributed by atoms with Gasteiger partial charge in [0.1, 0.15) is 4.90 Å². The maximum atomic E-state index is 12.1. The number of nitro benzene ring substituents is 1. The summed E-state index contributed by atoms with van der Waals surface area (Å²) >= 11 is 0. The normalized spacial score (nSPS) is 11.3. The Kier molecular flexibility index (Phi) is 5.25. The van der Waals surface area contributed by atoms with Crippen LogP contribution in [-0.4, -0.2) is 26.4 Å². The summed E-state index contributed by atoms with van der Waals surface area (Å²) in [7, 11) is -3.75. The highest BCUT2D eigenvalue weighted by Crippen LogP contribution is 2.26. The molecule has 0 heterocycles. The van der Waals surface area contributed by atoms with Crippen LogP contribution >= 0.6 is 0 Å². The van der Waals surface area contributed by atoms with Gasteiger partial charge in [-0.15, -0.1) is 0 Å². The molecule has 0 bridgehead atoms. The van der Waals surface area contributed by atoms with Crippen LogP contribution in [0.25, 0.3) is 0 Å². The van der Waals surface area contributed by atoms with E-state index in [9.17, 15) is 18.5 Å². The first kappa shape index (κ1) is 15.4. The van der Waals surface area contributed by atoms with E-state index in [-0.39, 0.29) is 17.1 Å². The molecule has 0 unspecified atom stereocenters. The lowest BCUT2D eigenvalue weighted by Gasteiger charge is -2.11. The third-order valence-electron chi connectivity index (χ3n) is 2.37. The molecule has 106 valence electrons. The number of sulfonamides is 1. The van der Waals surface area contributed by atoms with E-state index in [2.05, 4.69) is 10.0 Å². The molecule has 19 heavy (non-hydrogen) atoms. The first-order chi connectivity index (χ1) is 8.92. The van der Waals surface area contributed by atoms with Gasteiger partial charge in [0.05, 0.1) is 10.6 Å². The van der Waals surface area contributed by atoms with E-state index in [0.29, 0.717) is 18.7 Å². The van der Waals surface area contributed by atoms with Crippen molar-refractivity contribution in [1.29, 1.82) is 0 Å². The van der Waals surface area contributed by atoms with Gasteiger partial charge in [-0.2, -0.15) is 0 Å². The molecular formula is C11H17N3O4S. The number of rotatable bonds is 7. The van der Waals surface area contributed by atoms with Crippen molar-refractivity contribution in [2.24, 2.45) is 0 Å². The molecule has 0 aromatic heterocycles. The maximum Gasteiger partial charge on any atom is 0.270 e. The van der Waals surface area contributed by atoms with Crippen molar-refractivity contribution >= 4 is 21.4 Å². The minimum atomic E-state index is -3.75. The maximum absolute atomic E-state index is 12.1. The summed E-state index contributed by atoms with van der Waals surface area (Å²) < 4.78 is 26.6. The molecule has 0 aliphatic rings. The number of nitrogens with zero attached hydrogens (tertiary/aromatic N) is 1. The van der Waals surface area contributed by atoms with E-state index in [1.165, 1.54) is 12.1 Å². The molecule has 1 rings (SSSR count). The van der Waals surface area contributed by atoms with Crippen LogP contribution in [0.1, 0.15) is 20.3 Å². The molecule has 0 fully saturated rings. The number of hydrogen-bond donors (Lipinski definition) is 2. The summed E-state index contributed by atoms with van der Waals surface area (Å²) in [5, 5.41) is 13.6. The van der Waals surface area contributed by atoms with Gasteiger partial charge in [0.25, 0.3) is 5.69 Å². The smallest absolute Gasteiger partial charge is 0.270 e. The zero-order valence-corrected chi connectivity index (χ0v) is 11.7. The number of non-ortho nitro benzene ring substituents is 1. The van der Waals surface area contributed by atoms with Gasteiger partial charge in [-0.1, -0.05) is 6.92 Å². The van der Waals surface area contributed by atoms with Gasteiger partial charge in [-0.3, -0.25) is 10.1 Å². The molecule has 0 aliphatic heterocycles. The Morgan fingerprint density at radius 1 is 1.32 bits per heavy atom. The predicted molar refractivity (Wildman–Crippen MR) is 72.7 cm³/mol. The van der Waals surface area contributed by atoms with Gasteiger partial charge in [0.2, 0.25) is 10.0 Å². The summed E-state index contributed by atoms with van der Waals surface area (Å²) in [6.07, 6.45) is 0.644. The van der Waals surface area contributed by atoms with Crippen LogP contribution < -0.4 is 10.0 Å². The number of benzene rings is 1. The van der Waals surface area contributed by atoms with Crippen LogP contribution in [-0.2, 0) is 10.0 Å². The second-order valence-electron chi connectivity index (χ2n) is 3.87.